The molecule has 1 aromatic heterocycles. The van der Waals surface area contributed by atoms with Crippen LogP contribution < -0.4 is 5.32 Å². The van der Waals surface area contributed by atoms with Crippen LogP contribution >= 0.6 is 0 Å². The Morgan fingerprint density at radius 3 is 3.00 bits per heavy atom. The van der Waals surface area contributed by atoms with Gasteiger partial charge in [0.05, 0.1) is 13.2 Å². The number of halogens is 1. The molecule has 1 atom stereocenters. The van der Waals surface area contributed by atoms with Crippen molar-refractivity contribution in [1.29, 1.82) is 0 Å². The highest BCUT2D eigenvalue weighted by atomic mass is 19.1. The van der Waals surface area contributed by atoms with Crippen LogP contribution in [0.25, 0.3) is 10.9 Å². The van der Waals surface area contributed by atoms with E-state index in [4.69, 9.17) is 4.74 Å². The summed E-state index contributed by atoms with van der Waals surface area (Å²) in [5, 5.41) is 4.44. The Morgan fingerprint density at radius 2 is 2.19 bits per heavy atom. The standard InChI is InChI=1S/C20H28FN5O/c1-22-20(26-7-5-17(14-26)25-8-10-27-11-9-25)23-6-4-15-13-24-19-3-2-16(21)12-18(15)19/h2-3,12-13,17,24H,4-11,14H2,1H3,(H,22,23). The molecule has 7 heteroatoms. The van der Waals surface area contributed by atoms with Crippen LogP contribution in [0.3, 0.4) is 0 Å². The SMILES string of the molecule is CN=C(NCCc1c[nH]c2ccc(F)cc12)N1CCC(N2CCOCC2)C1. The average Bonchev–Trinajstić information content (AvgIpc) is 3.33. The number of rotatable bonds is 4. The van der Waals surface area contributed by atoms with E-state index in [1.165, 1.54) is 12.5 Å². The number of nitrogens with one attached hydrogen (secondary N) is 2. The summed E-state index contributed by atoms with van der Waals surface area (Å²) < 4.78 is 19.0. The molecule has 0 spiro atoms. The summed E-state index contributed by atoms with van der Waals surface area (Å²) in [5.74, 6) is 0.759. The van der Waals surface area contributed by atoms with E-state index in [9.17, 15) is 4.39 Å². The summed E-state index contributed by atoms with van der Waals surface area (Å²) >= 11 is 0. The highest BCUT2D eigenvalue weighted by molar-refractivity contribution is 5.83. The fourth-order valence-electron chi connectivity index (χ4n) is 4.17. The second kappa shape index (κ2) is 8.27. The lowest BCUT2D eigenvalue weighted by Crippen LogP contribution is -2.46. The van der Waals surface area contributed by atoms with Crippen molar-refractivity contribution < 1.29 is 9.13 Å². The lowest BCUT2D eigenvalue weighted by molar-refractivity contribution is 0.0195. The molecular weight excluding hydrogens is 345 g/mol. The molecule has 3 heterocycles. The van der Waals surface area contributed by atoms with Gasteiger partial charge in [0.25, 0.3) is 0 Å². The molecule has 0 aliphatic carbocycles. The van der Waals surface area contributed by atoms with Crippen LogP contribution in [-0.2, 0) is 11.2 Å². The number of hydrogen-bond acceptors (Lipinski definition) is 3. The van der Waals surface area contributed by atoms with Gasteiger partial charge in [-0.2, -0.15) is 0 Å². The Morgan fingerprint density at radius 1 is 1.33 bits per heavy atom. The molecule has 2 aliphatic rings. The molecule has 0 bridgehead atoms. The van der Waals surface area contributed by atoms with Crippen LogP contribution in [0, 0.1) is 5.82 Å². The Kier molecular flexibility index (Phi) is 5.59. The summed E-state index contributed by atoms with van der Waals surface area (Å²) in [5.41, 5.74) is 2.10. The third kappa shape index (κ3) is 4.09. The predicted molar refractivity (Wildman–Crippen MR) is 106 cm³/mol. The third-order valence-corrected chi connectivity index (χ3v) is 5.64. The summed E-state index contributed by atoms with van der Waals surface area (Å²) in [7, 11) is 1.84. The minimum atomic E-state index is -0.196. The van der Waals surface area contributed by atoms with Gasteiger partial charge in [-0.25, -0.2) is 4.39 Å². The zero-order valence-corrected chi connectivity index (χ0v) is 15.9. The molecule has 1 unspecified atom stereocenters. The number of fused-ring (bicyclic) bond motifs is 1. The smallest absolute Gasteiger partial charge is 0.193 e. The van der Waals surface area contributed by atoms with E-state index in [1.54, 1.807) is 12.1 Å². The number of H-pyrrole nitrogens is 1. The zero-order valence-electron chi connectivity index (χ0n) is 15.9. The van der Waals surface area contributed by atoms with E-state index in [0.717, 1.165) is 74.8 Å². The van der Waals surface area contributed by atoms with Crippen LogP contribution in [0.15, 0.2) is 29.4 Å². The van der Waals surface area contributed by atoms with Crippen molar-refractivity contribution in [3.8, 4) is 0 Å². The molecule has 0 amide bonds. The van der Waals surface area contributed by atoms with Gasteiger partial charge in [-0.3, -0.25) is 9.89 Å². The van der Waals surface area contributed by atoms with Gasteiger partial charge in [-0.1, -0.05) is 0 Å². The van der Waals surface area contributed by atoms with Crippen molar-refractivity contribution in [2.75, 3.05) is 53.0 Å². The van der Waals surface area contributed by atoms with Crippen LogP contribution in [-0.4, -0.2) is 79.8 Å². The monoisotopic (exact) mass is 373 g/mol. The van der Waals surface area contributed by atoms with E-state index in [2.05, 4.69) is 25.1 Å². The van der Waals surface area contributed by atoms with Crippen molar-refractivity contribution in [2.24, 2.45) is 4.99 Å². The summed E-state index contributed by atoms with van der Waals surface area (Å²) in [6.45, 7) is 6.56. The van der Waals surface area contributed by atoms with Crippen molar-refractivity contribution in [3.63, 3.8) is 0 Å². The first-order valence-electron chi connectivity index (χ1n) is 9.77. The molecule has 4 rings (SSSR count). The lowest BCUT2D eigenvalue weighted by Gasteiger charge is -2.32. The molecule has 2 fully saturated rings. The van der Waals surface area contributed by atoms with Gasteiger partial charge in [-0.15, -0.1) is 0 Å². The van der Waals surface area contributed by atoms with Gasteiger partial charge in [0.2, 0.25) is 0 Å². The number of likely N-dealkylation sites (tertiary alicyclic amines) is 1. The van der Waals surface area contributed by atoms with Crippen LogP contribution in [0.4, 0.5) is 4.39 Å². The maximum absolute atomic E-state index is 13.5. The molecule has 0 radical (unpaired) electrons. The number of nitrogens with zero attached hydrogens (tertiary/aromatic N) is 3. The van der Waals surface area contributed by atoms with E-state index < -0.39 is 0 Å². The van der Waals surface area contributed by atoms with E-state index >= 15 is 0 Å². The number of aromatic amines is 1. The minimum absolute atomic E-state index is 0.196. The molecule has 146 valence electrons. The number of ether oxygens (including phenoxy) is 1. The zero-order chi connectivity index (χ0) is 18.6. The van der Waals surface area contributed by atoms with Gasteiger partial charge in [0.1, 0.15) is 5.82 Å². The molecule has 27 heavy (non-hydrogen) atoms. The van der Waals surface area contributed by atoms with Gasteiger partial charge in [0, 0.05) is 62.9 Å². The van der Waals surface area contributed by atoms with E-state index in [-0.39, 0.29) is 5.82 Å². The maximum atomic E-state index is 13.5. The largest absolute Gasteiger partial charge is 0.379 e. The summed E-state index contributed by atoms with van der Waals surface area (Å²) in [4.78, 5) is 12.6. The Bertz CT molecular complexity index is 799. The van der Waals surface area contributed by atoms with Crippen LogP contribution in [0.2, 0.25) is 0 Å². The van der Waals surface area contributed by atoms with Gasteiger partial charge < -0.3 is 19.9 Å². The Balaban J connectivity index is 1.31. The highest BCUT2D eigenvalue weighted by Crippen LogP contribution is 2.20. The first-order valence-corrected chi connectivity index (χ1v) is 9.77. The fourth-order valence-corrected chi connectivity index (χ4v) is 4.17. The van der Waals surface area contributed by atoms with E-state index in [0.29, 0.717) is 6.04 Å². The van der Waals surface area contributed by atoms with Gasteiger partial charge >= 0.3 is 0 Å². The van der Waals surface area contributed by atoms with Crippen LogP contribution in [0.5, 0.6) is 0 Å². The molecule has 2 aliphatic heterocycles. The first kappa shape index (κ1) is 18.3. The minimum Gasteiger partial charge on any atom is -0.379 e. The highest BCUT2D eigenvalue weighted by Gasteiger charge is 2.30. The number of aromatic nitrogens is 1. The lowest BCUT2D eigenvalue weighted by atomic mass is 10.1. The molecule has 2 N–H and O–H groups in total. The van der Waals surface area contributed by atoms with Crippen molar-refractivity contribution in [2.45, 2.75) is 18.9 Å². The second-order valence-corrected chi connectivity index (χ2v) is 7.26. The normalized spacial score (nSPS) is 21.9. The number of guanidine groups is 1. The number of aliphatic imine (C=N–C) groups is 1. The molecule has 1 aromatic carbocycles. The van der Waals surface area contributed by atoms with Gasteiger partial charge in [-0.05, 0) is 36.6 Å². The van der Waals surface area contributed by atoms with Crippen LogP contribution in [0.1, 0.15) is 12.0 Å². The Hall–Kier alpha value is -2.12. The number of morpholine rings is 1. The van der Waals surface area contributed by atoms with Crippen molar-refractivity contribution in [1.82, 2.24) is 20.1 Å². The van der Waals surface area contributed by atoms with Crippen molar-refractivity contribution in [3.05, 3.63) is 35.8 Å². The third-order valence-electron chi connectivity index (χ3n) is 5.64. The van der Waals surface area contributed by atoms with E-state index in [1.807, 2.05) is 13.2 Å². The quantitative estimate of drug-likeness (QED) is 0.634. The van der Waals surface area contributed by atoms with Crippen molar-refractivity contribution >= 4 is 16.9 Å². The predicted octanol–water partition coefficient (Wildman–Crippen LogP) is 1.83. The number of hydrogen-bond donors (Lipinski definition) is 2. The molecule has 2 saturated heterocycles. The molecule has 0 saturated carbocycles. The number of benzene rings is 1. The fraction of sp³-hybridized carbons (Fsp3) is 0.550. The topological polar surface area (TPSA) is 55.9 Å². The molecule has 2 aromatic rings. The second-order valence-electron chi connectivity index (χ2n) is 7.26. The first-order chi connectivity index (χ1) is 13.2. The molecular formula is C20H28FN5O. The van der Waals surface area contributed by atoms with Gasteiger partial charge in [0.15, 0.2) is 5.96 Å². The average molecular weight is 373 g/mol. The maximum Gasteiger partial charge on any atom is 0.193 e. The molecule has 6 nitrogen and oxygen atoms in total. The summed E-state index contributed by atoms with van der Waals surface area (Å²) in [6, 6.07) is 5.46. The summed E-state index contributed by atoms with van der Waals surface area (Å²) in [6.07, 6.45) is 3.96. The Labute approximate surface area is 159 Å².